The van der Waals surface area contributed by atoms with Crippen LogP contribution in [0.3, 0.4) is 0 Å². The van der Waals surface area contributed by atoms with Gasteiger partial charge in [-0.1, -0.05) is 0 Å². The van der Waals surface area contributed by atoms with Crippen molar-refractivity contribution in [1.29, 1.82) is 0 Å². The lowest BCUT2D eigenvalue weighted by atomic mass is 10.0. The molecule has 1 aliphatic heterocycles. The molecule has 15 heavy (non-hydrogen) atoms. The van der Waals surface area contributed by atoms with Crippen molar-refractivity contribution in [3.63, 3.8) is 0 Å². The molecule has 2 fully saturated rings. The normalized spacial score (nSPS) is 33.5. The number of ketones is 1. The van der Waals surface area contributed by atoms with Crippen LogP contribution < -0.4 is 0 Å². The van der Waals surface area contributed by atoms with Crippen LogP contribution in [0, 0.1) is 5.92 Å². The lowest BCUT2D eigenvalue weighted by Crippen LogP contribution is -2.41. The van der Waals surface area contributed by atoms with Gasteiger partial charge in [-0.3, -0.25) is 9.69 Å². The van der Waals surface area contributed by atoms with E-state index in [0.29, 0.717) is 17.7 Å². The monoisotopic (exact) mass is 227 g/mol. The predicted molar refractivity (Wildman–Crippen MR) is 65.3 cm³/mol. The Morgan fingerprint density at radius 2 is 2.40 bits per heavy atom. The highest BCUT2D eigenvalue weighted by Gasteiger charge is 2.26. The number of thioether (sulfide) groups is 1. The molecular weight excluding hydrogens is 206 g/mol. The molecule has 0 aromatic heterocycles. The van der Waals surface area contributed by atoms with Gasteiger partial charge in [-0.05, 0) is 32.7 Å². The van der Waals surface area contributed by atoms with Crippen LogP contribution >= 0.6 is 11.8 Å². The van der Waals surface area contributed by atoms with Crippen molar-refractivity contribution >= 4 is 17.5 Å². The Morgan fingerprint density at radius 1 is 1.53 bits per heavy atom. The molecule has 2 nitrogen and oxygen atoms in total. The summed E-state index contributed by atoms with van der Waals surface area (Å²) in [5.41, 5.74) is 0. The average Bonchev–Trinajstić information content (AvgIpc) is 2.63. The summed E-state index contributed by atoms with van der Waals surface area (Å²) in [6.07, 6.45) is 4.23. The van der Waals surface area contributed by atoms with Crippen molar-refractivity contribution in [3.05, 3.63) is 0 Å². The highest BCUT2D eigenvalue weighted by atomic mass is 32.2. The zero-order chi connectivity index (χ0) is 10.7. The van der Waals surface area contributed by atoms with Crippen molar-refractivity contribution in [2.75, 3.05) is 24.6 Å². The smallest absolute Gasteiger partial charge is 0.136 e. The first-order chi connectivity index (χ1) is 7.27. The van der Waals surface area contributed by atoms with E-state index in [1.165, 1.54) is 18.1 Å². The molecule has 0 radical (unpaired) electrons. The largest absolute Gasteiger partial charge is 0.299 e. The maximum atomic E-state index is 11.5. The average molecular weight is 227 g/mol. The van der Waals surface area contributed by atoms with Gasteiger partial charge in [-0.25, -0.2) is 0 Å². The first-order valence-corrected chi connectivity index (χ1v) is 7.27. The van der Waals surface area contributed by atoms with Gasteiger partial charge in [-0.15, -0.1) is 0 Å². The molecule has 1 aliphatic carbocycles. The third-order valence-corrected chi connectivity index (χ3v) is 4.89. The van der Waals surface area contributed by atoms with E-state index in [0.717, 1.165) is 32.2 Å². The van der Waals surface area contributed by atoms with Gasteiger partial charge in [-0.2, -0.15) is 11.8 Å². The number of Topliss-reactive ketones (excluding diaryl/α,β-unsaturated/α-hetero) is 1. The summed E-state index contributed by atoms with van der Waals surface area (Å²) >= 11 is 2.06. The predicted octanol–water partition coefficient (Wildman–Crippen LogP) is 2.18. The highest BCUT2D eigenvalue weighted by Crippen LogP contribution is 2.25. The van der Waals surface area contributed by atoms with Crippen LogP contribution in [0.2, 0.25) is 0 Å². The van der Waals surface area contributed by atoms with Gasteiger partial charge in [0.25, 0.3) is 0 Å². The summed E-state index contributed by atoms with van der Waals surface area (Å²) < 4.78 is 0. The van der Waals surface area contributed by atoms with Gasteiger partial charge in [0.2, 0.25) is 0 Å². The fraction of sp³-hybridized carbons (Fsp3) is 0.917. The molecule has 2 unspecified atom stereocenters. The summed E-state index contributed by atoms with van der Waals surface area (Å²) in [4.78, 5) is 14.1. The van der Waals surface area contributed by atoms with E-state index >= 15 is 0 Å². The van der Waals surface area contributed by atoms with E-state index in [-0.39, 0.29) is 0 Å². The molecule has 1 saturated heterocycles. The van der Waals surface area contributed by atoms with Crippen LogP contribution in [-0.4, -0.2) is 41.3 Å². The van der Waals surface area contributed by atoms with E-state index in [2.05, 4.69) is 23.6 Å². The lowest BCUT2D eigenvalue weighted by Gasteiger charge is -2.33. The molecule has 0 amide bonds. The summed E-state index contributed by atoms with van der Waals surface area (Å²) in [6, 6.07) is 0.709. The molecule has 2 atom stereocenters. The fourth-order valence-corrected chi connectivity index (χ4v) is 3.69. The second kappa shape index (κ2) is 5.35. The van der Waals surface area contributed by atoms with Crippen molar-refractivity contribution in [2.45, 2.75) is 38.6 Å². The summed E-state index contributed by atoms with van der Waals surface area (Å²) in [5, 5.41) is 0. The quantitative estimate of drug-likeness (QED) is 0.737. The molecule has 1 heterocycles. The summed E-state index contributed by atoms with van der Waals surface area (Å²) in [7, 11) is 0. The standard InChI is InChI=1S/C12H21NOS/c1-10-9-15-8-7-13(10)6-5-11-3-2-4-12(11)14/h10-11H,2-9H2,1H3. The van der Waals surface area contributed by atoms with Gasteiger partial charge >= 0.3 is 0 Å². The van der Waals surface area contributed by atoms with Crippen molar-refractivity contribution in [3.8, 4) is 0 Å². The Bertz CT molecular complexity index is 232. The Hall–Kier alpha value is -0.0200. The number of carbonyl (C=O) groups is 1. The number of rotatable bonds is 3. The fourth-order valence-electron chi connectivity index (χ4n) is 2.61. The highest BCUT2D eigenvalue weighted by molar-refractivity contribution is 7.99. The Kier molecular flexibility index (Phi) is 4.09. The van der Waals surface area contributed by atoms with E-state index < -0.39 is 0 Å². The molecule has 0 aromatic rings. The first-order valence-electron chi connectivity index (χ1n) is 6.12. The molecule has 2 aliphatic rings. The Labute approximate surface area is 96.8 Å². The zero-order valence-corrected chi connectivity index (χ0v) is 10.4. The minimum absolute atomic E-state index is 0.395. The molecule has 0 aromatic carbocycles. The van der Waals surface area contributed by atoms with Crippen molar-refractivity contribution in [2.24, 2.45) is 5.92 Å². The molecule has 0 spiro atoms. The minimum Gasteiger partial charge on any atom is -0.299 e. The topological polar surface area (TPSA) is 20.3 Å². The van der Waals surface area contributed by atoms with Crippen molar-refractivity contribution < 1.29 is 4.79 Å². The SMILES string of the molecule is CC1CSCCN1CCC1CCCC1=O. The van der Waals surface area contributed by atoms with Crippen LogP contribution in [0.15, 0.2) is 0 Å². The molecule has 86 valence electrons. The molecule has 2 rings (SSSR count). The Balaban J connectivity index is 1.74. The second-order valence-electron chi connectivity index (χ2n) is 4.80. The third-order valence-electron chi connectivity index (χ3n) is 3.70. The molecular formula is C12H21NOS. The number of carbonyl (C=O) groups excluding carboxylic acids is 1. The zero-order valence-electron chi connectivity index (χ0n) is 9.58. The van der Waals surface area contributed by atoms with E-state index in [1.807, 2.05) is 0 Å². The molecule has 0 bridgehead atoms. The molecule has 1 saturated carbocycles. The van der Waals surface area contributed by atoms with Gasteiger partial charge in [0, 0.05) is 36.4 Å². The number of nitrogens with zero attached hydrogens (tertiary/aromatic N) is 1. The van der Waals surface area contributed by atoms with Gasteiger partial charge in [0.1, 0.15) is 5.78 Å². The van der Waals surface area contributed by atoms with E-state index in [4.69, 9.17) is 0 Å². The summed E-state index contributed by atoms with van der Waals surface area (Å²) in [6.45, 7) is 4.66. The Morgan fingerprint density at radius 3 is 3.07 bits per heavy atom. The van der Waals surface area contributed by atoms with Crippen LogP contribution in [0.5, 0.6) is 0 Å². The van der Waals surface area contributed by atoms with E-state index in [9.17, 15) is 4.79 Å². The maximum absolute atomic E-state index is 11.5. The van der Waals surface area contributed by atoms with Gasteiger partial charge in [0.05, 0.1) is 0 Å². The van der Waals surface area contributed by atoms with Crippen LogP contribution in [0.25, 0.3) is 0 Å². The van der Waals surface area contributed by atoms with Gasteiger partial charge < -0.3 is 0 Å². The van der Waals surface area contributed by atoms with E-state index in [1.54, 1.807) is 0 Å². The molecule has 0 N–H and O–H groups in total. The van der Waals surface area contributed by atoms with Crippen LogP contribution in [0.1, 0.15) is 32.6 Å². The van der Waals surface area contributed by atoms with Crippen LogP contribution in [0.4, 0.5) is 0 Å². The number of hydrogen-bond acceptors (Lipinski definition) is 3. The second-order valence-corrected chi connectivity index (χ2v) is 5.95. The van der Waals surface area contributed by atoms with Gasteiger partial charge in [0.15, 0.2) is 0 Å². The maximum Gasteiger partial charge on any atom is 0.136 e. The summed E-state index contributed by atoms with van der Waals surface area (Å²) in [5.74, 6) is 3.45. The minimum atomic E-state index is 0.395. The molecule has 3 heteroatoms. The number of hydrogen-bond donors (Lipinski definition) is 0. The van der Waals surface area contributed by atoms with Crippen LogP contribution in [-0.2, 0) is 4.79 Å². The first kappa shape index (κ1) is 11.5. The lowest BCUT2D eigenvalue weighted by molar-refractivity contribution is -0.120. The van der Waals surface area contributed by atoms with Crippen molar-refractivity contribution in [1.82, 2.24) is 4.90 Å². The third kappa shape index (κ3) is 2.97.